The highest BCUT2D eigenvalue weighted by Crippen LogP contribution is 2.04. The summed E-state index contributed by atoms with van der Waals surface area (Å²) in [6.07, 6.45) is 1.97. The lowest BCUT2D eigenvalue weighted by molar-refractivity contribution is -0.144. The lowest BCUT2D eigenvalue weighted by Crippen LogP contribution is -2.44. The number of esters is 2. The van der Waals surface area contributed by atoms with Crippen molar-refractivity contribution in [2.45, 2.75) is 39.0 Å². The summed E-state index contributed by atoms with van der Waals surface area (Å²) in [5.74, 6) is -0.996. The minimum absolute atomic E-state index is 0.128. The number of unbranched alkanes of at least 4 members (excludes halogenated alkanes) is 1. The summed E-state index contributed by atoms with van der Waals surface area (Å²) in [7, 11) is 1.49. The van der Waals surface area contributed by atoms with Crippen LogP contribution in [-0.2, 0) is 30.2 Å². The van der Waals surface area contributed by atoms with Gasteiger partial charge in [-0.05, 0) is 31.2 Å². The number of benzene rings is 1. The average Bonchev–Trinajstić information content (AvgIpc) is 2.73. The maximum Gasteiger partial charge on any atom is 0.413 e. The van der Waals surface area contributed by atoms with Crippen molar-refractivity contribution in [3.05, 3.63) is 35.9 Å². The van der Waals surface area contributed by atoms with E-state index in [4.69, 9.17) is 19.6 Å². The molecule has 1 amide bonds. The molecule has 0 fully saturated rings. The summed E-state index contributed by atoms with van der Waals surface area (Å²) in [5.41, 5.74) is 1.09. The fourth-order valence-corrected chi connectivity index (χ4v) is 2.28. The molecule has 0 saturated carbocycles. The second-order valence-corrected chi connectivity index (χ2v) is 6.60. The third-order valence-electron chi connectivity index (χ3n) is 3.93. The van der Waals surface area contributed by atoms with E-state index in [-0.39, 0.29) is 31.7 Å². The number of amides is 1. The van der Waals surface area contributed by atoms with Crippen molar-refractivity contribution in [1.29, 1.82) is 5.41 Å². The molecule has 9 heteroatoms. The molecule has 0 heterocycles. The standard InChI is InChI=1S/C21H31N3O6/c1-3-13-28-19(26)16-24(2)20(22)23-21(27)30-15-8-7-14-29-18(25)12-11-17-9-5-4-6-10-17/h4-6,9-10H,3,7-8,11-16H2,1-2H3,(H2,22,23,27). The normalized spacial score (nSPS) is 10.1. The van der Waals surface area contributed by atoms with Crippen molar-refractivity contribution >= 4 is 24.0 Å². The first-order valence-corrected chi connectivity index (χ1v) is 10.0. The first kappa shape index (κ1) is 24.9. The van der Waals surface area contributed by atoms with Crippen molar-refractivity contribution in [2.24, 2.45) is 0 Å². The van der Waals surface area contributed by atoms with Gasteiger partial charge in [0.25, 0.3) is 0 Å². The van der Waals surface area contributed by atoms with Crippen molar-refractivity contribution in [2.75, 3.05) is 33.4 Å². The third-order valence-corrected chi connectivity index (χ3v) is 3.93. The molecular formula is C21H31N3O6. The molecular weight excluding hydrogens is 390 g/mol. The highest BCUT2D eigenvalue weighted by Gasteiger charge is 2.14. The Kier molecular flexibility index (Phi) is 12.3. The summed E-state index contributed by atoms with van der Waals surface area (Å²) in [6, 6.07) is 9.71. The Morgan fingerprint density at radius 3 is 2.27 bits per heavy atom. The van der Waals surface area contributed by atoms with Crippen molar-refractivity contribution in [3.63, 3.8) is 0 Å². The van der Waals surface area contributed by atoms with Gasteiger partial charge in [0.05, 0.1) is 19.8 Å². The zero-order valence-corrected chi connectivity index (χ0v) is 17.6. The number of rotatable bonds is 12. The van der Waals surface area contributed by atoms with Crippen LogP contribution in [0.25, 0.3) is 0 Å². The predicted octanol–water partition coefficient (Wildman–Crippen LogP) is 2.49. The van der Waals surface area contributed by atoms with Gasteiger partial charge in [-0.1, -0.05) is 37.3 Å². The number of likely N-dealkylation sites (N-methyl/N-ethyl adjacent to an activating group) is 1. The second kappa shape index (κ2) is 14.8. The SMILES string of the molecule is CCCOC(=O)CN(C)C(=N)NC(=O)OCCCCOC(=O)CCc1ccccc1. The minimum atomic E-state index is -0.784. The van der Waals surface area contributed by atoms with Crippen molar-refractivity contribution in [3.8, 4) is 0 Å². The minimum Gasteiger partial charge on any atom is -0.466 e. The van der Waals surface area contributed by atoms with E-state index in [9.17, 15) is 14.4 Å². The molecule has 0 atom stereocenters. The van der Waals surface area contributed by atoms with Gasteiger partial charge in [-0.25, -0.2) is 4.79 Å². The lowest BCUT2D eigenvalue weighted by Gasteiger charge is -2.19. The number of ether oxygens (including phenoxy) is 3. The number of guanidine groups is 1. The molecule has 0 aliphatic rings. The van der Waals surface area contributed by atoms with Crippen LogP contribution >= 0.6 is 0 Å². The van der Waals surface area contributed by atoms with E-state index in [0.29, 0.717) is 38.7 Å². The lowest BCUT2D eigenvalue weighted by atomic mass is 10.1. The number of aryl methyl sites for hydroxylation is 1. The van der Waals surface area contributed by atoms with Gasteiger partial charge in [0.1, 0.15) is 6.54 Å². The van der Waals surface area contributed by atoms with Gasteiger partial charge < -0.3 is 19.1 Å². The molecule has 9 nitrogen and oxygen atoms in total. The summed E-state index contributed by atoms with van der Waals surface area (Å²) < 4.78 is 15.0. The highest BCUT2D eigenvalue weighted by atomic mass is 16.6. The summed E-state index contributed by atoms with van der Waals surface area (Å²) >= 11 is 0. The second-order valence-electron chi connectivity index (χ2n) is 6.60. The van der Waals surface area contributed by atoms with Crippen LogP contribution in [0.4, 0.5) is 4.79 Å². The number of alkyl carbamates (subject to hydrolysis) is 1. The van der Waals surface area contributed by atoms with E-state index in [0.717, 1.165) is 5.56 Å². The first-order valence-electron chi connectivity index (χ1n) is 10.0. The molecule has 0 aliphatic carbocycles. The zero-order valence-electron chi connectivity index (χ0n) is 17.6. The van der Waals surface area contributed by atoms with Crippen molar-refractivity contribution < 1.29 is 28.6 Å². The van der Waals surface area contributed by atoms with Gasteiger partial charge in [0, 0.05) is 13.5 Å². The van der Waals surface area contributed by atoms with Crippen LogP contribution in [0.2, 0.25) is 0 Å². The summed E-state index contributed by atoms with van der Waals surface area (Å²) in [5, 5.41) is 9.98. The van der Waals surface area contributed by atoms with Gasteiger partial charge in [-0.3, -0.25) is 20.3 Å². The molecule has 166 valence electrons. The fourth-order valence-electron chi connectivity index (χ4n) is 2.28. The Morgan fingerprint density at radius 2 is 1.60 bits per heavy atom. The van der Waals surface area contributed by atoms with Crippen molar-refractivity contribution in [1.82, 2.24) is 10.2 Å². The summed E-state index contributed by atoms with van der Waals surface area (Å²) in [6.45, 7) is 2.44. The topological polar surface area (TPSA) is 118 Å². The first-order chi connectivity index (χ1) is 14.4. The van der Waals surface area contributed by atoms with E-state index in [2.05, 4.69) is 5.32 Å². The van der Waals surface area contributed by atoms with Crippen LogP contribution < -0.4 is 5.32 Å². The monoisotopic (exact) mass is 421 g/mol. The number of hydrogen-bond acceptors (Lipinski definition) is 7. The smallest absolute Gasteiger partial charge is 0.413 e. The fraction of sp³-hybridized carbons (Fsp3) is 0.524. The van der Waals surface area contributed by atoms with E-state index >= 15 is 0 Å². The molecule has 0 unspecified atom stereocenters. The van der Waals surface area contributed by atoms with Gasteiger partial charge >= 0.3 is 18.0 Å². The number of carbonyl (C=O) groups is 3. The Hall–Kier alpha value is -3.10. The number of hydrogen-bond donors (Lipinski definition) is 2. The molecule has 0 radical (unpaired) electrons. The zero-order chi connectivity index (χ0) is 22.2. The predicted molar refractivity (Wildman–Crippen MR) is 111 cm³/mol. The molecule has 0 aromatic heterocycles. The van der Waals surface area contributed by atoms with E-state index in [1.807, 2.05) is 37.3 Å². The molecule has 0 bridgehead atoms. The Morgan fingerprint density at radius 1 is 0.967 bits per heavy atom. The Bertz CT molecular complexity index is 681. The highest BCUT2D eigenvalue weighted by molar-refractivity contribution is 5.93. The van der Waals surface area contributed by atoms with E-state index < -0.39 is 12.1 Å². The van der Waals surface area contributed by atoms with E-state index in [1.165, 1.54) is 11.9 Å². The van der Waals surface area contributed by atoms with Gasteiger partial charge in [-0.2, -0.15) is 0 Å². The van der Waals surface area contributed by atoms with E-state index in [1.54, 1.807) is 0 Å². The number of carbonyl (C=O) groups excluding carboxylic acids is 3. The Labute approximate surface area is 177 Å². The molecule has 2 N–H and O–H groups in total. The molecule has 0 aliphatic heterocycles. The maximum absolute atomic E-state index is 11.7. The number of nitrogens with one attached hydrogen (secondary N) is 2. The van der Waals surface area contributed by atoms with Crippen LogP contribution in [0.1, 0.15) is 38.2 Å². The summed E-state index contributed by atoms with van der Waals surface area (Å²) in [4.78, 5) is 36.1. The molecule has 1 aromatic carbocycles. The van der Waals surface area contributed by atoms with Gasteiger partial charge in [-0.15, -0.1) is 0 Å². The third kappa shape index (κ3) is 11.7. The van der Waals surface area contributed by atoms with Crippen LogP contribution in [0.15, 0.2) is 30.3 Å². The molecule has 30 heavy (non-hydrogen) atoms. The van der Waals surface area contributed by atoms with Crippen LogP contribution in [0.3, 0.4) is 0 Å². The molecule has 1 rings (SSSR count). The Balaban J connectivity index is 2.06. The van der Waals surface area contributed by atoms with Crippen LogP contribution in [0.5, 0.6) is 0 Å². The van der Waals surface area contributed by atoms with Gasteiger partial charge in [0.15, 0.2) is 0 Å². The van der Waals surface area contributed by atoms with Gasteiger partial charge in [0.2, 0.25) is 5.96 Å². The molecule has 1 aromatic rings. The largest absolute Gasteiger partial charge is 0.466 e. The van der Waals surface area contributed by atoms with Crippen LogP contribution in [0, 0.1) is 5.41 Å². The average molecular weight is 421 g/mol. The number of nitrogens with zero attached hydrogens (tertiary/aromatic N) is 1. The maximum atomic E-state index is 11.7. The quantitative estimate of drug-likeness (QED) is 0.175. The van der Waals surface area contributed by atoms with Crippen LogP contribution in [-0.4, -0.2) is 62.3 Å². The molecule has 0 spiro atoms. The molecule has 0 saturated heterocycles.